The summed E-state index contributed by atoms with van der Waals surface area (Å²) in [6.45, 7) is 7.53. The second kappa shape index (κ2) is 4.88. The highest BCUT2D eigenvalue weighted by Crippen LogP contribution is 2.29. The molecule has 0 amide bonds. The molecule has 0 saturated carbocycles. The third-order valence-corrected chi connectivity index (χ3v) is 3.64. The molecule has 1 saturated heterocycles. The normalized spacial score (nSPS) is 17.8. The van der Waals surface area contributed by atoms with Crippen molar-refractivity contribution in [1.29, 1.82) is 0 Å². The fourth-order valence-corrected chi connectivity index (χ4v) is 2.57. The van der Waals surface area contributed by atoms with E-state index < -0.39 is 0 Å². The van der Waals surface area contributed by atoms with Crippen molar-refractivity contribution in [2.24, 2.45) is 11.7 Å². The Morgan fingerprint density at radius 2 is 2.00 bits per heavy atom. The molecular formula is C14H22N2. The summed E-state index contributed by atoms with van der Waals surface area (Å²) in [5.74, 6) is 0.876. The summed E-state index contributed by atoms with van der Waals surface area (Å²) in [4.78, 5) is 2.51. The lowest BCUT2D eigenvalue weighted by atomic mass is 9.97. The summed E-state index contributed by atoms with van der Waals surface area (Å²) in [6.07, 6.45) is 2.61. The van der Waals surface area contributed by atoms with Crippen LogP contribution in [0.1, 0.15) is 30.9 Å². The average molecular weight is 218 g/mol. The predicted molar refractivity (Wildman–Crippen MR) is 69.7 cm³/mol. The van der Waals surface area contributed by atoms with Gasteiger partial charge < -0.3 is 10.6 Å². The number of benzene rings is 1. The molecule has 1 aromatic carbocycles. The first-order valence-electron chi connectivity index (χ1n) is 6.26. The second-order valence-electron chi connectivity index (χ2n) is 4.96. The Morgan fingerprint density at radius 3 is 2.62 bits per heavy atom. The van der Waals surface area contributed by atoms with E-state index in [1.165, 1.54) is 42.7 Å². The fraction of sp³-hybridized carbons (Fsp3) is 0.571. The SMILES string of the molecule is Cc1cccc(CN)c1N1CCC(C)CC1. The monoisotopic (exact) mass is 218 g/mol. The van der Waals surface area contributed by atoms with Crippen molar-refractivity contribution in [3.8, 4) is 0 Å². The van der Waals surface area contributed by atoms with Gasteiger partial charge in [0, 0.05) is 25.3 Å². The van der Waals surface area contributed by atoms with Crippen molar-refractivity contribution in [3.63, 3.8) is 0 Å². The highest BCUT2D eigenvalue weighted by Gasteiger charge is 2.19. The standard InChI is InChI=1S/C14H22N2/c1-11-6-8-16(9-7-11)14-12(2)4-3-5-13(14)10-15/h3-5,11H,6-10,15H2,1-2H3. The van der Waals surface area contributed by atoms with Gasteiger partial charge in [0.15, 0.2) is 0 Å². The van der Waals surface area contributed by atoms with Crippen molar-refractivity contribution in [2.45, 2.75) is 33.2 Å². The van der Waals surface area contributed by atoms with E-state index in [0.717, 1.165) is 5.92 Å². The van der Waals surface area contributed by atoms with Gasteiger partial charge in [-0.1, -0.05) is 25.1 Å². The van der Waals surface area contributed by atoms with Crippen molar-refractivity contribution in [3.05, 3.63) is 29.3 Å². The van der Waals surface area contributed by atoms with E-state index in [9.17, 15) is 0 Å². The fourth-order valence-electron chi connectivity index (χ4n) is 2.57. The van der Waals surface area contributed by atoms with E-state index in [-0.39, 0.29) is 0 Å². The zero-order valence-electron chi connectivity index (χ0n) is 10.4. The first kappa shape index (κ1) is 11.5. The van der Waals surface area contributed by atoms with Crippen molar-refractivity contribution < 1.29 is 0 Å². The van der Waals surface area contributed by atoms with Crippen LogP contribution in [0.4, 0.5) is 5.69 Å². The number of hydrogen-bond acceptors (Lipinski definition) is 2. The summed E-state index contributed by atoms with van der Waals surface area (Å²) in [5.41, 5.74) is 9.86. The molecule has 0 aromatic heterocycles. The second-order valence-corrected chi connectivity index (χ2v) is 4.96. The molecule has 0 atom stereocenters. The van der Waals surface area contributed by atoms with Crippen LogP contribution in [0.3, 0.4) is 0 Å². The minimum absolute atomic E-state index is 0.642. The Labute approximate surface area is 98.4 Å². The Bertz CT molecular complexity index is 352. The molecule has 0 bridgehead atoms. The minimum atomic E-state index is 0.642. The topological polar surface area (TPSA) is 29.3 Å². The van der Waals surface area contributed by atoms with Crippen LogP contribution < -0.4 is 10.6 Å². The van der Waals surface area contributed by atoms with Crippen LogP contribution in [0.2, 0.25) is 0 Å². The maximum atomic E-state index is 5.83. The van der Waals surface area contributed by atoms with E-state index in [1.54, 1.807) is 0 Å². The number of nitrogens with zero attached hydrogens (tertiary/aromatic N) is 1. The Morgan fingerprint density at radius 1 is 1.31 bits per heavy atom. The highest BCUT2D eigenvalue weighted by molar-refractivity contribution is 5.59. The lowest BCUT2D eigenvalue weighted by molar-refractivity contribution is 0.437. The maximum absolute atomic E-state index is 5.83. The number of aryl methyl sites for hydroxylation is 1. The summed E-state index contributed by atoms with van der Waals surface area (Å²) >= 11 is 0. The molecule has 16 heavy (non-hydrogen) atoms. The number of rotatable bonds is 2. The van der Waals surface area contributed by atoms with Crippen LogP contribution in [-0.2, 0) is 6.54 Å². The number of nitrogens with two attached hydrogens (primary N) is 1. The maximum Gasteiger partial charge on any atom is 0.0441 e. The van der Waals surface area contributed by atoms with Crippen LogP contribution in [0.25, 0.3) is 0 Å². The van der Waals surface area contributed by atoms with Gasteiger partial charge in [-0.2, -0.15) is 0 Å². The minimum Gasteiger partial charge on any atom is -0.371 e. The largest absolute Gasteiger partial charge is 0.371 e. The summed E-state index contributed by atoms with van der Waals surface area (Å²) in [6, 6.07) is 6.44. The van der Waals surface area contributed by atoms with E-state index in [0.29, 0.717) is 6.54 Å². The van der Waals surface area contributed by atoms with Crippen LogP contribution in [0, 0.1) is 12.8 Å². The van der Waals surface area contributed by atoms with E-state index in [2.05, 4.69) is 36.9 Å². The van der Waals surface area contributed by atoms with E-state index in [1.807, 2.05) is 0 Å². The third-order valence-electron chi connectivity index (χ3n) is 3.64. The van der Waals surface area contributed by atoms with Gasteiger partial charge >= 0.3 is 0 Å². The van der Waals surface area contributed by atoms with Crippen LogP contribution in [0.15, 0.2) is 18.2 Å². The zero-order valence-corrected chi connectivity index (χ0v) is 10.4. The number of piperidine rings is 1. The zero-order chi connectivity index (χ0) is 11.5. The highest BCUT2D eigenvalue weighted by atomic mass is 15.1. The molecule has 0 spiro atoms. The van der Waals surface area contributed by atoms with Gasteiger partial charge in [0.1, 0.15) is 0 Å². The van der Waals surface area contributed by atoms with Gasteiger partial charge in [-0.25, -0.2) is 0 Å². The van der Waals surface area contributed by atoms with Gasteiger partial charge in [0.05, 0.1) is 0 Å². The Balaban J connectivity index is 2.25. The first-order valence-corrected chi connectivity index (χ1v) is 6.26. The van der Waals surface area contributed by atoms with Crippen molar-refractivity contribution in [1.82, 2.24) is 0 Å². The van der Waals surface area contributed by atoms with Gasteiger partial charge in [-0.05, 0) is 36.8 Å². The molecule has 0 unspecified atom stereocenters. The third kappa shape index (κ3) is 2.22. The Kier molecular flexibility index (Phi) is 3.49. The van der Waals surface area contributed by atoms with Gasteiger partial charge in [0.2, 0.25) is 0 Å². The molecule has 0 aliphatic carbocycles. The molecule has 1 aliphatic rings. The van der Waals surface area contributed by atoms with E-state index >= 15 is 0 Å². The van der Waals surface area contributed by atoms with Crippen LogP contribution in [-0.4, -0.2) is 13.1 Å². The lowest BCUT2D eigenvalue weighted by Gasteiger charge is -2.34. The van der Waals surface area contributed by atoms with Crippen LogP contribution in [0.5, 0.6) is 0 Å². The van der Waals surface area contributed by atoms with E-state index in [4.69, 9.17) is 5.73 Å². The van der Waals surface area contributed by atoms with Crippen LogP contribution >= 0.6 is 0 Å². The summed E-state index contributed by atoms with van der Waals surface area (Å²) in [7, 11) is 0. The molecule has 2 rings (SSSR count). The lowest BCUT2D eigenvalue weighted by Crippen LogP contribution is -2.34. The van der Waals surface area contributed by atoms with Gasteiger partial charge in [-0.3, -0.25) is 0 Å². The quantitative estimate of drug-likeness (QED) is 0.827. The number of hydrogen-bond donors (Lipinski definition) is 1. The van der Waals surface area contributed by atoms with Crippen molar-refractivity contribution in [2.75, 3.05) is 18.0 Å². The molecule has 2 nitrogen and oxygen atoms in total. The average Bonchev–Trinajstić information content (AvgIpc) is 2.30. The molecule has 1 fully saturated rings. The molecule has 1 aliphatic heterocycles. The molecule has 1 heterocycles. The Hall–Kier alpha value is -1.02. The molecule has 1 aromatic rings. The smallest absolute Gasteiger partial charge is 0.0441 e. The molecule has 0 radical (unpaired) electrons. The molecule has 88 valence electrons. The summed E-state index contributed by atoms with van der Waals surface area (Å²) in [5, 5.41) is 0. The summed E-state index contributed by atoms with van der Waals surface area (Å²) < 4.78 is 0. The molecular weight excluding hydrogens is 196 g/mol. The predicted octanol–water partition coefficient (Wildman–Crippen LogP) is 2.69. The number of para-hydroxylation sites is 1. The van der Waals surface area contributed by atoms with Crippen molar-refractivity contribution >= 4 is 5.69 Å². The molecule has 2 heteroatoms. The van der Waals surface area contributed by atoms with Gasteiger partial charge in [-0.15, -0.1) is 0 Å². The van der Waals surface area contributed by atoms with Gasteiger partial charge in [0.25, 0.3) is 0 Å². The number of anilines is 1. The first-order chi connectivity index (χ1) is 7.72. The molecule has 2 N–H and O–H groups in total.